The summed E-state index contributed by atoms with van der Waals surface area (Å²) in [7, 11) is 0. The van der Waals surface area contributed by atoms with E-state index in [2.05, 4.69) is 10.1 Å². The molecule has 0 fully saturated rings. The Morgan fingerprint density at radius 2 is 1.70 bits per heavy atom. The van der Waals surface area contributed by atoms with Crippen LogP contribution in [0.3, 0.4) is 0 Å². The Balaban J connectivity index is 2.20. The zero-order chi connectivity index (χ0) is 16.6. The van der Waals surface area contributed by atoms with Crippen molar-refractivity contribution >= 4 is 40.7 Å². The Hall–Kier alpha value is -2.08. The van der Waals surface area contributed by atoms with E-state index in [9.17, 15) is 4.79 Å². The van der Waals surface area contributed by atoms with Crippen molar-refractivity contribution < 1.29 is 4.79 Å². The molecular weight excluding hydrogens is 359 g/mol. The molecule has 0 unspecified atom stereocenters. The van der Waals surface area contributed by atoms with Gasteiger partial charge in [-0.3, -0.25) is 4.79 Å². The van der Waals surface area contributed by atoms with Crippen LogP contribution in [-0.4, -0.2) is 20.7 Å². The molecule has 116 valence electrons. The molecule has 3 aromatic rings. The Morgan fingerprint density at radius 3 is 2.30 bits per heavy atom. The minimum atomic E-state index is -0.723. The summed E-state index contributed by atoms with van der Waals surface area (Å²) in [5.74, 6) is -0.381. The second-order valence-corrected chi connectivity index (χ2v) is 5.89. The number of rotatable bonds is 3. The predicted octanol–water partition coefficient (Wildman–Crippen LogP) is 3.99. The maximum absolute atomic E-state index is 11.4. The summed E-state index contributed by atoms with van der Waals surface area (Å²) in [6.45, 7) is 0. The van der Waals surface area contributed by atoms with E-state index in [1.165, 1.54) is 4.68 Å². The molecule has 0 aliphatic rings. The van der Waals surface area contributed by atoms with Gasteiger partial charge in [-0.05, 0) is 42.5 Å². The maximum atomic E-state index is 11.4. The van der Waals surface area contributed by atoms with Crippen LogP contribution in [0.4, 0.5) is 0 Å². The van der Waals surface area contributed by atoms with Crippen LogP contribution in [0.25, 0.3) is 17.1 Å². The van der Waals surface area contributed by atoms with E-state index in [1.54, 1.807) is 42.5 Å². The summed E-state index contributed by atoms with van der Waals surface area (Å²) in [4.78, 5) is 15.6. The van der Waals surface area contributed by atoms with E-state index in [1.807, 2.05) is 0 Å². The van der Waals surface area contributed by atoms with Crippen molar-refractivity contribution in [1.82, 2.24) is 14.8 Å². The highest BCUT2D eigenvalue weighted by molar-refractivity contribution is 6.42. The van der Waals surface area contributed by atoms with Crippen LogP contribution in [0.5, 0.6) is 0 Å². The third-order valence-corrected chi connectivity index (χ3v) is 4.07. The number of benzene rings is 2. The van der Waals surface area contributed by atoms with Gasteiger partial charge in [0, 0.05) is 10.6 Å². The fourth-order valence-electron chi connectivity index (χ4n) is 2.00. The highest BCUT2D eigenvalue weighted by Gasteiger charge is 2.17. The van der Waals surface area contributed by atoms with Crippen molar-refractivity contribution in [1.29, 1.82) is 0 Å². The summed E-state index contributed by atoms with van der Waals surface area (Å²) in [6, 6.07) is 12.0. The summed E-state index contributed by atoms with van der Waals surface area (Å²) in [5, 5.41) is 5.51. The first-order valence-corrected chi connectivity index (χ1v) is 7.57. The monoisotopic (exact) mass is 366 g/mol. The van der Waals surface area contributed by atoms with Gasteiger partial charge in [-0.2, -0.15) is 0 Å². The quantitative estimate of drug-likeness (QED) is 0.760. The van der Waals surface area contributed by atoms with Gasteiger partial charge >= 0.3 is 0 Å². The number of nitrogens with two attached hydrogens (primary N) is 1. The van der Waals surface area contributed by atoms with Crippen molar-refractivity contribution in [3.8, 4) is 17.1 Å². The van der Waals surface area contributed by atoms with Crippen molar-refractivity contribution in [2.75, 3.05) is 0 Å². The molecule has 2 N–H and O–H groups in total. The lowest BCUT2D eigenvalue weighted by Gasteiger charge is -2.07. The number of carbonyl (C=O) groups excluding carboxylic acids is 1. The Morgan fingerprint density at radius 1 is 1.00 bits per heavy atom. The van der Waals surface area contributed by atoms with Gasteiger partial charge in [0.15, 0.2) is 5.82 Å². The fourth-order valence-corrected chi connectivity index (χ4v) is 2.42. The topological polar surface area (TPSA) is 73.8 Å². The molecule has 5 nitrogen and oxygen atoms in total. The van der Waals surface area contributed by atoms with Gasteiger partial charge in [0.2, 0.25) is 5.82 Å². The molecule has 0 saturated carbocycles. The van der Waals surface area contributed by atoms with Gasteiger partial charge < -0.3 is 5.73 Å². The Bertz CT molecular complexity index is 890. The molecule has 8 heteroatoms. The lowest BCUT2D eigenvalue weighted by molar-refractivity contribution is 0.0990. The Labute approximate surface area is 146 Å². The minimum absolute atomic E-state index is 0.0963. The van der Waals surface area contributed by atoms with E-state index in [-0.39, 0.29) is 5.82 Å². The largest absolute Gasteiger partial charge is 0.363 e. The standard InChI is InChI=1S/C15H9Cl3N4O/c16-9-3-1-8(2-4-9)15-20-14(13(19)23)21-22(15)10-5-6-11(17)12(18)7-10/h1-7H,(H2,19,23). The molecule has 0 bridgehead atoms. The maximum Gasteiger partial charge on any atom is 0.288 e. The number of hydrogen-bond acceptors (Lipinski definition) is 3. The third kappa shape index (κ3) is 3.17. The normalized spacial score (nSPS) is 10.7. The summed E-state index contributed by atoms with van der Waals surface area (Å²) in [6.07, 6.45) is 0. The van der Waals surface area contributed by atoms with E-state index in [0.29, 0.717) is 26.6 Å². The first-order valence-electron chi connectivity index (χ1n) is 6.44. The molecule has 1 amide bonds. The molecule has 0 spiro atoms. The number of halogens is 3. The van der Waals surface area contributed by atoms with Crippen molar-refractivity contribution in [2.45, 2.75) is 0 Å². The summed E-state index contributed by atoms with van der Waals surface area (Å²) >= 11 is 17.9. The minimum Gasteiger partial charge on any atom is -0.363 e. The van der Waals surface area contributed by atoms with E-state index >= 15 is 0 Å². The van der Waals surface area contributed by atoms with Gasteiger partial charge in [-0.1, -0.05) is 34.8 Å². The van der Waals surface area contributed by atoms with Crippen LogP contribution < -0.4 is 5.73 Å². The average molecular weight is 368 g/mol. The molecular formula is C15H9Cl3N4O. The zero-order valence-electron chi connectivity index (χ0n) is 11.5. The SMILES string of the molecule is NC(=O)c1nc(-c2ccc(Cl)cc2)n(-c2ccc(Cl)c(Cl)c2)n1. The van der Waals surface area contributed by atoms with Crippen LogP contribution in [0, 0.1) is 0 Å². The molecule has 1 aromatic heterocycles. The number of primary amides is 1. The van der Waals surface area contributed by atoms with Crippen molar-refractivity contribution in [2.24, 2.45) is 5.73 Å². The number of aromatic nitrogens is 3. The van der Waals surface area contributed by atoms with Crippen LogP contribution in [-0.2, 0) is 0 Å². The summed E-state index contributed by atoms with van der Waals surface area (Å²) < 4.78 is 1.48. The van der Waals surface area contributed by atoms with Crippen LogP contribution in [0.1, 0.15) is 10.6 Å². The van der Waals surface area contributed by atoms with Gasteiger partial charge in [-0.25, -0.2) is 9.67 Å². The third-order valence-electron chi connectivity index (χ3n) is 3.08. The van der Waals surface area contributed by atoms with E-state index in [0.717, 1.165) is 5.56 Å². The molecule has 3 rings (SSSR count). The van der Waals surface area contributed by atoms with Crippen LogP contribution >= 0.6 is 34.8 Å². The predicted molar refractivity (Wildman–Crippen MR) is 90.3 cm³/mol. The van der Waals surface area contributed by atoms with Crippen molar-refractivity contribution in [3.05, 3.63) is 63.4 Å². The number of carbonyl (C=O) groups is 1. The lowest BCUT2D eigenvalue weighted by Crippen LogP contribution is -2.13. The molecule has 0 atom stereocenters. The zero-order valence-corrected chi connectivity index (χ0v) is 13.8. The summed E-state index contributed by atoms with van der Waals surface area (Å²) in [5.41, 5.74) is 6.61. The molecule has 2 aromatic carbocycles. The first-order chi connectivity index (χ1) is 11.0. The number of nitrogens with zero attached hydrogens (tertiary/aromatic N) is 3. The number of hydrogen-bond donors (Lipinski definition) is 1. The molecule has 0 aliphatic carbocycles. The van der Waals surface area contributed by atoms with Crippen LogP contribution in [0.2, 0.25) is 15.1 Å². The molecule has 0 radical (unpaired) electrons. The second-order valence-electron chi connectivity index (χ2n) is 4.64. The second kappa shape index (κ2) is 6.20. The lowest BCUT2D eigenvalue weighted by atomic mass is 10.2. The van der Waals surface area contributed by atoms with Crippen LogP contribution in [0.15, 0.2) is 42.5 Å². The first kappa shape index (κ1) is 15.8. The van der Waals surface area contributed by atoms with Crippen molar-refractivity contribution in [3.63, 3.8) is 0 Å². The van der Waals surface area contributed by atoms with Gasteiger partial charge in [-0.15, -0.1) is 5.10 Å². The molecule has 1 heterocycles. The highest BCUT2D eigenvalue weighted by Crippen LogP contribution is 2.27. The smallest absolute Gasteiger partial charge is 0.288 e. The molecule has 23 heavy (non-hydrogen) atoms. The molecule has 0 saturated heterocycles. The molecule has 0 aliphatic heterocycles. The van der Waals surface area contributed by atoms with Gasteiger partial charge in [0.25, 0.3) is 5.91 Å². The average Bonchev–Trinajstić information content (AvgIpc) is 2.96. The van der Waals surface area contributed by atoms with E-state index < -0.39 is 5.91 Å². The fraction of sp³-hybridized carbons (Fsp3) is 0. The van der Waals surface area contributed by atoms with E-state index in [4.69, 9.17) is 40.5 Å². The van der Waals surface area contributed by atoms with Gasteiger partial charge in [0.05, 0.1) is 15.7 Å². The van der Waals surface area contributed by atoms with Gasteiger partial charge in [0.1, 0.15) is 0 Å². The number of amides is 1. The Kier molecular flexibility index (Phi) is 4.26. The highest BCUT2D eigenvalue weighted by atomic mass is 35.5.